The Kier molecular flexibility index (Phi) is 6.82. The highest BCUT2D eigenvalue weighted by Gasteiger charge is 2.27. The Morgan fingerprint density at radius 1 is 1.19 bits per heavy atom. The van der Waals surface area contributed by atoms with E-state index in [0.717, 1.165) is 87.2 Å². The summed E-state index contributed by atoms with van der Waals surface area (Å²) in [4.78, 5) is 36.3. The van der Waals surface area contributed by atoms with E-state index in [9.17, 15) is 9.59 Å². The van der Waals surface area contributed by atoms with Crippen molar-refractivity contribution in [1.82, 2.24) is 14.9 Å². The number of carbonyl (C=O) groups excluding carboxylic acids is 2. The summed E-state index contributed by atoms with van der Waals surface area (Å²) in [6, 6.07) is 3.95. The fourth-order valence-corrected chi connectivity index (χ4v) is 4.31. The number of aldehydes is 1. The van der Waals surface area contributed by atoms with Gasteiger partial charge in [-0.05, 0) is 61.8 Å². The maximum Gasteiger partial charge on any atom is 0.270 e. The molecule has 2 aliphatic rings. The molecule has 0 spiro atoms. The predicted molar refractivity (Wildman–Crippen MR) is 121 cm³/mol. The molecule has 0 radical (unpaired) electrons. The van der Waals surface area contributed by atoms with Gasteiger partial charge in [0.05, 0.1) is 0 Å². The molecule has 0 bridgehead atoms. The number of aromatic amines is 1. The van der Waals surface area contributed by atoms with E-state index in [1.54, 1.807) is 13.3 Å². The lowest BCUT2D eigenvalue weighted by molar-refractivity contribution is 0.0787. The van der Waals surface area contributed by atoms with Gasteiger partial charge in [-0.25, -0.2) is 4.98 Å². The zero-order chi connectivity index (χ0) is 21.6. The third-order valence-corrected chi connectivity index (χ3v) is 5.97. The van der Waals surface area contributed by atoms with Crippen molar-refractivity contribution in [2.45, 2.75) is 38.5 Å². The first-order valence-electron chi connectivity index (χ1n) is 11.1. The number of fused-ring (bicyclic) bond motifs is 1. The zero-order valence-electron chi connectivity index (χ0n) is 18.1. The van der Waals surface area contributed by atoms with Crippen molar-refractivity contribution in [3.63, 3.8) is 0 Å². The molecule has 0 aromatic carbocycles. The molecule has 2 aromatic rings. The quantitative estimate of drug-likeness (QED) is 0.514. The topological polar surface area (TPSA) is 78.5 Å². The normalized spacial score (nSPS) is 16.2. The highest BCUT2D eigenvalue weighted by atomic mass is 16.5. The fourth-order valence-electron chi connectivity index (χ4n) is 4.31. The van der Waals surface area contributed by atoms with Gasteiger partial charge in [-0.15, -0.1) is 0 Å². The van der Waals surface area contributed by atoms with Crippen LogP contribution in [0.3, 0.4) is 0 Å². The number of allylic oxidation sites excluding steroid dienone is 1. The number of anilines is 2. The largest absolute Gasteiger partial charge is 0.385 e. The van der Waals surface area contributed by atoms with Gasteiger partial charge in [0.25, 0.3) is 5.91 Å². The van der Waals surface area contributed by atoms with Gasteiger partial charge in [-0.3, -0.25) is 9.59 Å². The minimum atomic E-state index is 0.0794. The first-order valence-corrected chi connectivity index (χ1v) is 11.1. The van der Waals surface area contributed by atoms with Crippen LogP contribution >= 0.6 is 0 Å². The number of ether oxygens (including phenoxy) is 1. The molecule has 0 aliphatic carbocycles. The highest BCUT2D eigenvalue weighted by Crippen LogP contribution is 2.33. The van der Waals surface area contributed by atoms with Crippen molar-refractivity contribution in [2.24, 2.45) is 0 Å². The predicted octanol–water partition coefficient (Wildman–Crippen LogP) is 3.98. The number of nitrogens with zero attached hydrogens (tertiary/aromatic N) is 3. The molecule has 1 saturated heterocycles. The van der Waals surface area contributed by atoms with Crippen LogP contribution in [-0.2, 0) is 11.2 Å². The second-order valence-corrected chi connectivity index (χ2v) is 8.14. The number of hydrogen-bond donors (Lipinski definition) is 1. The Balaban J connectivity index is 1.58. The maximum atomic E-state index is 12.8. The smallest absolute Gasteiger partial charge is 0.270 e. The molecule has 2 aromatic heterocycles. The van der Waals surface area contributed by atoms with Gasteiger partial charge >= 0.3 is 0 Å². The molecule has 0 saturated carbocycles. The number of H-pyrrole nitrogens is 1. The van der Waals surface area contributed by atoms with Gasteiger partial charge in [-0.2, -0.15) is 0 Å². The van der Waals surface area contributed by atoms with Gasteiger partial charge in [0.15, 0.2) is 6.29 Å². The summed E-state index contributed by atoms with van der Waals surface area (Å²) >= 11 is 0. The number of nitrogens with one attached hydrogen (secondary N) is 1. The van der Waals surface area contributed by atoms with E-state index in [-0.39, 0.29) is 5.91 Å². The van der Waals surface area contributed by atoms with Crippen LogP contribution in [0.1, 0.15) is 64.1 Å². The summed E-state index contributed by atoms with van der Waals surface area (Å²) in [5.74, 6) is 1.80. The number of aryl methyl sites for hydroxylation is 1. The number of aromatic nitrogens is 2. The van der Waals surface area contributed by atoms with Gasteiger partial charge in [-0.1, -0.05) is 12.2 Å². The van der Waals surface area contributed by atoms with Gasteiger partial charge in [0.1, 0.15) is 17.3 Å². The van der Waals surface area contributed by atoms with Gasteiger partial charge in [0, 0.05) is 45.1 Å². The number of hydrogen-bond acceptors (Lipinski definition) is 5. The SMILES string of the molecule is COCCC/C=C/c1cc(N2CCCc3cc(C(=O)N4CCCC4)[nH]c32)ncc1C=O. The average molecular weight is 423 g/mol. The molecule has 1 fully saturated rings. The van der Waals surface area contributed by atoms with Crippen LogP contribution in [0.15, 0.2) is 24.4 Å². The Morgan fingerprint density at radius 3 is 2.81 bits per heavy atom. The number of pyridine rings is 1. The van der Waals surface area contributed by atoms with Crippen LogP contribution in [0.5, 0.6) is 0 Å². The summed E-state index contributed by atoms with van der Waals surface area (Å²) in [5, 5.41) is 0. The van der Waals surface area contributed by atoms with Crippen molar-refractivity contribution in [1.29, 1.82) is 0 Å². The highest BCUT2D eigenvalue weighted by molar-refractivity contribution is 5.94. The Morgan fingerprint density at radius 2 is 2.03 bits per heavy atom. The van der Waals surface area contributed by atoms with Crippen LogP contribution in [-0.4, -0.2) is 60.4 Å². The van der Waals surface area contributed by atoms with E-state index < -0.39 is 0 Å². The number of likely N-dealkylation sites (tertiary alicyclic amines) is 1. The van der Waals surface area contributed by atoms with E-state index in [2.05, 4.69) is 20.9 Å². The lowest BCUT2D eigenvalue weighted by Crippen LogP contribution is -2.28. The van der Waals surface area contributed by atoms with Crippen LogP contribution < -0.4 is 4.90 Å². The van der Waals surface area contributed by atoms with Crippen molar-refractivity contribution >= 4 is 29.9 Å². The zero-order valence-corrected chi connectivity index (χ0v) is 18.1. The molecular weight excluding hydrogens is 392 g/mol. The molecule has 0 unspecified atom stereocenters. The minimum absolute atomic E-state index is 0.0794. The molecule has 7 heteroatoms. The third-order valence-electron chi connectivity index (χ3n) is 5.97. The average Bonchev–Trinajstić information content (AvgIpc) is 3.48. The first-order chi connectivity index (χ1) is 15.2. The van der Waals surface area contributed by atoms with Crippen LogP contribution in [0, 0.1) is 0 Å². The molecular formula is C24H30N4O3. The summed E-state index contributed by atoms with van der Waals surface area (Å²) in [6.45, 7) is 3.20. The van der Waals surface area contributed by atoms with E-state index in [1.807, 2.05) is 23.1 Å². The second-order valence-electron chi connectivity index (χ2n) is 8.14. The summed E-state index contributed by atoms with van der Waals surface area (Å²) in [5.41, 5.74) is 3.22. The summed E-state index contributed by atoms with van der Waals surface area (Å²) in [6.07, 6.45) is 12.4. The monoisotopic (exact) mass is 422 g/mol. The van der Waals surface area contributed by atoms with Gasteiger partial charge in [0.2, 0.25) is 0 Å². The number of methoxy groups -OCH3 is 1. The summed E-state index contributed by atoms with van der Waals surface area (Å²) in [7, 11) is 1.70. The Bertz CT molecular complexity index is 960. The molecule has 2 aliphatic heterocycles. The number of rotatable bonds is 8. The van der Waals surface area contributed by atoms with Crippen molar-refractivity contribution in [3.8, 4) is 0 Å². The van der Waals surface area contributed by atoms with E-state index in [1.165, 1.54) is 0 Å². The summed E-state index contributed by atoms with van der Waals surface area (Å²) < 4.78 is 5.08. The van der Waals surface area contributed by atoms with Crippen molar-refractivity contribution in [2.75, 3.05) is 38.3 Å². The second kappa shape index (κ2) is 9.92. The lowest BCUT2D eigenvalue weighted by Gasteiger charge is -2.28. The standard InChI is InChI=1S/C24H30N4O3/c1-31-13-6-2-3-8-18-15-22(25-16-20(18)17-29)28-12-7-9-19-14-21(26-23(19)28)24(30)27-10-4-5-11-27/h3,8,14-17,26H,2,4-7,9-13H2,1H3/b8-3+. The molecule has 164 valence electrons. The lowest BCUT2D eigenvalue weighted by atomic mass is 10.1. The molecule has 0 atom stereocenters. The van der Waals surface area contributed by atoms with E-state index in [0.29, 0.717) is 17.9 Å². The van der Waals surface area contributed by atoms with E-state index in [4.69, 9.17) is 4.74 Å². The minimum Gasteiger partial charge on any atom is -0.385 e. The molecule has 7 nitrogen and oxygen atoms in total. The first kappa shape index (κ1) is 21.3. The molecule has 1 N–H and O–H groups in total. The number of carbonyl (C=O) groups is 2. The number of unbranched alkanes of at least 4 members (excludes halogenated alkanes) is 1. The molecule has 1 amide bonds. The van der Waals surface area contributed by atoms with Gasteiger partial charge < -0.3 is 19.5 Å². The Labute approximate surface area is 183 Å². The molecule has 4 heterocycles. The van der Waals surface area contributed by atoms with E-state index >= 15 is 0 Å². The van der Waals surface area contributed by atoms with Crippen LogP contribution in [0.2, 0.25) is 0 Å². The fraction of sp³-hybridized carbons (Fsp3) is 0.458. The van der Waals surface area contributed by atoms with Crippen LogP contribution in [0.25, 0.3) is 6.08 Å². The Hall–Kier alpha value is -2.93. The third kappa shape index (κ3) is 4.71. The molecule has 4 rings (SSSR count). The molecule has 31 heavy (non-hydrogen) atoms. The number of amides is 1. The van der Waals surface area contributed by atoms with Crippen molar-refractivity contribution in [3.05, 3.63) is 46.8 Å². The van der Waals surface area contributed by atoms with Crippen molar-refractivity contribution < 1.29 is 14.3 Å². The maximum absolute atomic E-state index is 12.8. The van der Waals surface area contributed by atoms with Crippen LogP contribution in [0.4, 0.5) is 11.6 Å².